The molecule has 0 amide bonds. The van der Waals surface area contributed by atoms with Crippen molar-refractivity contribution in [1.82, 2.24) is 0 Å². The minimum atomic E-state index is -1.57. The number of nitrogens with zero attached hydrogens (tertiary/aromatic N) is 3. The van der Waals surface area contributed by atoms with Gasteiger partial charge in [0.15, 0.2) is 6.29 Å². The van der Waals surface area contributed by atoms with Gasteiger partial charge in [-0.2, -0.15) is 0 Å². The summed E-state index contributed by atoms with van der Waals surface area (Å²) in [7, 11) is 0. The molecule has 198 valence electrons. The van der Waals surface area contributed by atoms with E-state index < -0.39 is 49.5 Å². The molecule has 10 heteroatoms. The Labute approximate surface area is 203 Å². The molecule has 1 aliphatic heterocycles. The fourth-order valence-electron chi connectivity index (χ4n) is 3.96. The molecule has 10 nitrogen and oxygen atoms in total. The van der Waals surface area contributed by atoms with Crippen LogP contribution in [-0.4, -0.2) is 81.6 Å². The third-order valence-corrected chi connectivity index (χ3v) is 6.18. The first kappa shape index (κ1) is 30.8. The lowest BCUT2D eigenvalue weighted by atomic mass is 9.99. The topological polar surface area (TPSA) is 168 Å². The van der Waals surface area contributed by atoms with E-state index in [0.29, 0.717) is 0 Å². The molecule has 1 saturated heterocycles. The number of rotatable bonds is 19. The van der Waals surface area contributed by atoms with E-state index in [-0.39, 0.29) is 6.61 Å². The Morgan fingerprint density at radius 2 is 1.53 bits per heavy atom. The van der Waals surface area contributed by atoms with Gasteiger partial charge in [-0.25, -0.2) is 0 Å². The summed E-state index contributed by atoms with van der Waals surface area (Å²) in [5, 5.41) is 52.8. The van der Waals surface area contributed by atoms with Gasteiger partial charge in [-0.3, -0.25) is 0 Å². The maximum absolute atomic E-state index is 10.3. The average Bonchev–Trinajstić information content (AvgIpc) is 2.84. The molecular formula is C24H45N3O7. The van der Waals surface area contributed by atoms with Crippen LogP contribution in [0.4, 0.5) is 0 Å². The highest BCUT2D eigenvalue weighted by atomic mass is 16.7. The minimum Gasteiger partial charge on any atom is -0.394 e. The summed E-state index contributed by atoms with van der Waals surface area (Å²) in [5.41, 5.74) is 8.80. The Hall–Kier alpha value is -1.23. The van der Waals surface area contributed by atoms with E-state index in [1.807, 2.05) is 6.08 Å². The average molecular weight is 488 g/mol. The fourth-order valence-corrected chi connectivity index (χ4v) is 3.96. The molecule has 0 radical (unpaired) electrons. The molecule has 0 spiro atoms. The van der Waals surface area contributed by atoms with Crippen LogP contribution in [0, 0.1) is 0 Å². The molecule has 1 rings (SSSR count). The van der Waals surface area contributed by atoms with Crippen molar-refractivity contribution in [3.63, 3.8) is 0 Å². The number of allylic oxidation sites excluding steroid dienone is 1. The number of unbranched alkanes of at least 4 members (excludes halogenated alkanes) is 11. The van der Waals surface area contributed by atoms with E-state index in [1.165, 1.54) is 57.8 Å². The van der Waals surface area contributed by atoms with E-state index in [4.69, 9.17) is 15.0 Å². The van der Waals surface area contributed by atoms with Gasteiger partial charge in [0.25, 0.3) is 0 Å². The molecular weight excluding hydrogens is 442 g/mol. The number of hydrogen-bond donors (Lipinski definition) is 5. The maximum atomic E-state index is 10.3. The van der Waals surface area contributed by atoms with Crippen molar-refractivity contribution in [2.75, 3.05) is 13.2 Å². The summed E-state index contributed by atoms with van der Waals surface area (Å²) in [5.74, 6) is 0. The van der Waals surface area contributed by atoms with Crippen molar-refractivity contribution >= 4 is 0 Å². The van der Waals surface area contributed by atoms with Gasteiger partial charge in [-0.1, -0.05) is 88.4 Å². The Balaban J connectivity index is 2.26. The SMILES string of the molecule is CCCCCCCCCCCCCC=C[C@@H](O)[C@H](CO[C@@H]1O[C@H](CO)[C@H](O)[C@H](O)[C@H]1O)N=[N+]=[N-]. The predicted octanol–water partition coefficient (Wildman–Crippen LogP) is 3.10. The Bertz CT molecular complexity index is 587. The lowest BCUT2D eigenvalue weighted by Crippen LogP contribution is -2.59. The molecule has 1 aliphatic rings. The number of hydrogen-bond acceptors (Lipinski definition) is 8. The summed E-state index contributed by atoms with van der Waals surface area (Å²) in [4.78, 5) is 2.73. The van der Waals surface area contributed by atoms with Crippen molar-refractivity contribution in [1.29, 1.82) is 0 Å². The van der Waals surface area contributed by atoms with E-state index >= 15 is 0 Å². The molecule has 0 bridgehead atoms. The summed E-state index contributed by atoms with van der Waals surface area (Å²) < 4.78 is 10.6. The minimum absolute atomic E-state index is 0.281. The lowest BCUT2D eigenvalue weighted by molar-refractivity contribution is -0.302. The van der Waals surface area contributed by atoms with E-state index in [9.17, 15) is 25.5 Å². The summed E-state index contributed by atoms with van der Waals surface area (Å²) >= 11 is 0. The van der Waals surface area contributed by atoms with Crippen LogP contribution in [0.3, 0.4) is 0 Å². The molecule has 0 aromatic heterocycles. The highest BCUT2D eigenvalue weighted by Gasteiger charge is 2.44. The molecule has 1 heterocycles. The molecule has 7 atom stereocenters. The van der Waals surface area contributed by atoms with Crippen molar-refractivity contribution in [2.45, 2.75) is 127 Å². The molecule has 0 aromatic rings. The first-order valence-electron chi connectivity index (χ1n) is 12.8. The quantitative estimate of drug-likeness (QED) is 0.0613. The highest BCUT2D eigenvalue weighted by Crippen LogP contribution is 2.22. The van der Waals surface area contributed by atoms with Gasteiger partial charge in [0, 0.05) is 4.91 Å². The second-order valence-corrected chi connectivity index (χ2v) is 9.05. The zero-order chi connectivity index (χ0) is 25.2. The van der Waals surface area contributed by atoms with Crippen LogP contribution in [-0.2, 0) is 9.47 Å². The van der Waals surface area contributed by atoms with Gasteiger partial charge in [0.1, 0.15) is 24.4 Å². The molecule has 34 heavy (non-hydrogen) atoms. The maximum Gasteiger partial charge on any atom is 0.186 e. The summed E-state index contributed by atoms with van der Waals surface area (Å²) in [6.45, 7) is 1.38. The van der Waals surface area contributed by atoms with Gasteiger partial charge in [0.2, 0.25) is 0 Å². The molecule has 0 aliphatic carbocycles. The van der Waals surface area contributed by atoms with E-state index in [1.54, 1.807) is 6.08 Å². The highest BCUT2D eigenvalue weighted by molar-refractivity contribution is 4.96. The van der Waals surface area contributed by atoms with Gasteiger partial charge in [-0.15, -0.1) is 0 Å². The van der Waals surface area contributed by atoms with Gasteiger partial charge in [-0.05, 0) is 18.4 Å². The lowest BCUT2D eigenvalue weighted by Gasteiger charge is -2.39. The molecule has 0 unspecified atom stereocenters. The van der Waals surface area contributed by atoms with Gasteiger partial charge < -0.3 is 35.0 Å². The summed E-state index contributed by atoms with van der Waals surface area (Å²) in [6.07, 6.45) is 9.99. The van der Waals surface area contributed by atoms with Crippen molar-refractivity contribution in [3.05, 3.63) is 22.6 Å². The largest absolute Gasteiger partial charge is 0.394 e. The zero-order valence-corrected chi connectivity index (χ0v) is 20.5. The Kier molecular flexibility index (Phi) is 17.2. The van der Waals surface area contributed by atoms with Crippen molar-refractivity contribution < 1.29 is 35.0 Å². The number of ether oxygens (including phenoxy) is 2. The monoisotopic (exact) mass is 487 g/mol. The molecule has 0 saturated carbocycles. The number of aliphatic hydroxyl groups is 5. The standard InChI is InChI=1S/C24H45N3O7/c1-2-3-4-5-6-7-8-9-10-11-12-13-14-15-19(29)18(26-27-25)17-33-24-23(32)22(31)21(30)20(16-28)34-24/h14-15,18-24,28-32H,2-13,16-17H2,1H3/t18-,19+,20+,21-,22-,23+,24+/m0/s1. The first-order chi connectivity index (χ1) is 16.5. The third kappa shape index (κ3) is 12.0. The normalized spacial score (nSPS) is 26.9. The predicted molar refractivity (Wildman–Crippen MR) is 129 cm³/mol. The van der Waals surface area contributed by atoms with Crippen LogP contribution in [0.5, 0.6) is 0 Å². The van der Waals surface area contributed by atoms with Crippen LogP contribution in [0.25, 0.3) is 10.4 Å². The molecule has 5 N–H and O–H groups in total. The van der Waals surface area contributed by atoms with Gasteiger partial charge >= 0.3 is 0 Å². The smallest absolute Gasteiger partial charge is 0.186 e. The van der Waals surface area contributed by atoms with Crippen LogP contribution < -0.4 is 0 Å². The number of azide groups is 1. The molecule has 0 aromatic carbocycles. The van der Waals surface area contributed by atoms with E-state index in [2.05, 4.69) is 16.9 Å². The van der Waals surface area contributed by atoms with Crippen LogP contribution in [0.15, 0.2) is 17.3 Å². The van der Waals surface area contributed by atoms with E-state index in [0.717, 1.165) is 19.3 Å². The Morgan fingerprint density at radius 1 is 0.941 bits per heavy atom. The van der Waals surface area contributed by atoms with Crippen molar-refractivity contribution in [3.8, 4) is 0 Å². The molecule has 1 fully saturated rings. The summed E-state index contributed by atoms with van der Waals surface area (Å²) in [6, 6.07) is -0.967. The van der Waals surface area contributed by atoms with Gasteiger partial charge in [0.05, 0.1) is 25.4 Å². The Morgan fingerprint density at radius 3 is 2.09 bits per heavy atom. The third-order valence-electron chi connectivity index (χ3n) is 6.18. The second kappa shape index (κ2) is 19.0. The van der Waals surface area contributed by atoms with Crippen molar-refractivity contribution in [2.24, 2.45) is 5.11 Å². The number of aliphatic hydroxyl groups excluding tert-OH is 5. The van der Waals surface area contributed by atoms with Crippen LogP contribution >= 0.6 is 0 Å². The first-order valence-corrected chi connectivity index (χ1v) is 12.8. The second-order valence-electron chi connectivity index (χ2n) is 9.05. The fraction of sp³-hybridized carbons (Fsp3) is 0.917. The van der Waals surface area contributed by atoms with Crippen LogP contribution in [0.2, 0.25) is 0 Å². The zero-order valence-electron chi connectivity index (χ0n) is 20.5. The van der Waals surface area contributed by atoms with Crippen LogP contribution in [0.1, 0.15) is 84.0 Å².